The van der Waals surface area contributed by atoms with E-state index in [1.807, 2.05) is 0 Å². The predicted molar refractivity (Wildman–Crippen MR) is 97.9 cm³/mol. The molecule has 0 unspecified atom stereocenters. The van der Waals surface area contributed by atoms with Crippen LogP contribution in [0, 0.1) is 0 Å². The minimum Gasteiger partial charge on any atom is -0.493 e. The fourth-order valence-electron chi connectivity index (χ4n) is 4.14. The maximum atomic E-state index is 6.07. The Bertz CT molecular complexity index is 511. The number of rotatable bonds is 5. The lowest BCUT2D eigenvalue weighted by molar-refractivity contribution is 0.327. The number of para-hydroxylation sites is 1. The highest BCUT2D eigenvalue weighted by molar-refractivity contribution is 5.84. The quantitative estimate of drug-likeness (QED) is 0.622. The molecule has 3 rings (SSSR count). The molecule has 23 heavy (non-hydrogen) atoms. The van der Waals surface area contributed by atoms with Gasteiger partial charge in [0.1, 0.15) is 5.75 Å². The number of ether oxygens (including phenoxy) is 1. The van der Waals surface area contributed by atoms with Crippen LogP contribution in [0.15, 0.2) is 23.2 Å². The fourth-order valence-corrected chi connectivity index (χ4v) is 4.14. The largest absolute Gasteiger partial charge is 0.493 e. The first-order chi connectivity index (χ1) is 11.4. The van der Waals surface area contributed by atoms with Gasteiger partial charge in [-0.05, 0) is 50.2 Å². The highest BCUT2D eigenvalue weighted by Crippen LogP contribution is 2.38. The van der Waals surface area contributed by atoms with Crippen LogP contribution in [0.4, 0.5) is 0 Å². The molecular formula is C21H31NO. The van der Waals surface area contributed by atoms with Crippen molar-refractivity contribution in [2.24, 2.45) is 4.99 Å². The normalized spacial score (nSPS) is 20.9. The summed E-state index contributed by atoms with van der Waals surface area (Å²) >= 11 is 0. The summed E-state index contributed by atoms with van der Waals surface area (Å²) in [5.41, 5.74) is 2.60. The van der Waals surface area contributed by atoms with Crippen LogP contribution in [-0.2, 0) is 0 Å². The van der Waals surface area contributed by atoms with E-state index >= 15 is 0 Å². The van der Waals surface area contributed by atoms with E-state index in [2.05, 4.69) is 31.3 Å². The Balaban J connectivity index is 1.81. The van der Waals surface area contributed by atoms with E-state index in [4.69, 9.17) is 9.73 Å². The van der Waals surface area contributed by atoms with Crippen LogP contribution in [0.2, 0.25) is 0 Å². The van der Waals surface area contributed by atoms with Crippen LogP contribution in [0.3, 0.4) is 0 Å². The Hall–Kier alpha value is -1.31. The molecule has 0 radical (unpaired) electrons. The Morgan fingerprint density at radius 3 is 2.39 bits per heavy atom. The summed E-state index contributed by atoms with van der Waals surface area (Å²) < 4.78 is 6.07. The van der Waals surface area contributed by atoms with Crippen LogP contribution < -0.4 is 4.74 Å². The Kier molecular flexibility index (Phi) is 6.13. The van der Waals surface area contributed by atoms with Gasteiger partial charge in [0.2, 0.25) is 0 Å². The number of nitrogens with zero attached hydrogens (tertiary/aromatic N) is 1. The topological polar surface area (TPSA) is 21.6 Å². The van der Waals surface area contributed by atoms with Crippen LogP contribution >= 0.6 is 0 Å². The van der Waals surface area contributed by atoms with Crippen molar-refractivity contribution in [3.8, 4) is 5.75 Å². The zero-order valence-electron chi connectivity index (χ0n) is 14.6. The van der Waals surface area contributed by atoms with Gasteiger partial charge >= 0.3 is 0 Å². The molecule has 2 aliphatic rings. The molecule has 2 heteroatoms. The summed E-state index contributed by atoms with van der Waals surface area (Å²) in [6.07, 6.45) is 15.4. The second-order valence-electron chi connectivity index (χ2n) is 7.10. The molecule has 0 atom stereocenters. The predicted octanol–water partition coefficient (Wildman–Crippen LogP) is 5.88. The lowest BCUT2D eigenvalue weighted by Gasteiger charge is -2.25. The van der Waals surface area contributed by atoms with E-state index in [9.17, 15) is 0 Å². The smallest absolute Gasteiger partial charge is 0.131 e. The average molecular weight is 313 g/mol. The lowest BCUT2D eigenvalue weighted by Crippen LogP contribution is -2.11. The molecule has 2 aliphatic carbocycles. The van der Waals surface area contributed by atoms with Crippen LogP contribution in [-0.4, -0.2) is 18.9 Å². The average Bonchev–Trinajstić information content (AvgIpc) is 2.62. The van der Waals surface area contributed by atoms with Gasteiger partial charge in [-0.1, -0.05) is 50.7 Å². The van der Waals surface area contributed by atoms with Crippen molar-refractivity contribution in [1.29, 1.82) is 0 Å². The zero-order valence-corrected chi connectivity index (χ0v) is 14.6. The molecule has 0 bridgehead atoms. The van der Waals surface area contributed by atoms with Gasteiger partial charge in [-0.25, -0.2) is 0 Å². The first kappa shape index (κ1) is 16.5. The van der Waals surface area contributed by atoms with Gasteiger partial charge in [0, 0.05) is 17.8 Å². The van der Waals surface area contributed by atoms with Gasteiger partial charge in [0.05, 0.1) is 6.61 Å². The number of benzene rings is 1. The molecule has 2 saturated carbocycles. The maximum Gasteiger partial charge on any atom is 0.131 e. The summed E-state index contributed by atoms with van der Waals surface area (Å²) in [5.74, 6) is 1.77. The summed E-state index contributed by atoms with van der Waals surface area (Å²) in [6, 6.07) is 7.16. The maximum absolute atomic E-state index is 6.07. The highest BCUT2D eigenvalue weighted by Gasteiger charge is 2.21. The number of hydrogen-bond donors (Lipinski definition) is 0. The molecule has 2 nitrogen and oxygen atoms in total. The minimum absolute atomic E-state index is 0.525. The first-order valence-electron chi connectivity index (χ1n) is 9.67. The molecule has 0 aliphatic heterocycles. The standard InChI is InChI=1S/C21H31NO/c1-2-23-21-18(16-22-19-13-7-4-8-14-19)12-9-15-20(21)17-10-5-3-6-11-17/h9,12,15-17,19H,2-8,10-11,13-14H2,1H3. The van der Waals surface area contributed by atoms with E-state index in [0.717, 1.165) is 12.4 Å². The van der Waals surface area contributed by atoms with Crippen molar-refractivity contribution in [1.82, 2.24) is 0 Å². The summed E-state index contributed by atoms with van der Waals surface area (Å²) in [4.78, 5) is 4.88. The van der Waals surface area contributed by atoms with Crippen molar-refractivity contribution in [3.63, 3.8) is 0 Å². The van der Waals surface area contributed by atoms with Gasteiger partial charge < -0.3 is 4.74 Å². The van der Waals surface area contributed by atoms with E-state index in [1.165, 1.54) is 75.3 Å². The molecule has 0 N–H and O–H groups in total. The zero-order chi connectivity index (χ0) is 15.9. The molecule has 0 aromatic heterocycles. The van der Waals surface area contributed by atoms with Gasteiger partial charge in [-0.2, -0.15) is 0 Å². The molecule has 0 saturated heterocycles. The van der Waals surface area contributed by atoms with Crippen LogP contribution in [0.25, 0.3) is 0 Å². The summed E-state index contributed by atoms with van der Waals surface area (Å²) in [6.45, 7) is 2.81. The molecule has 0 amide bonds. The van der Waals surface area contributed by atoms with E-state index in [1.54, 1.807) is 0 Å². The van der Waals surface area contributed by atoms with E-state index in [-0.39, 0.29) is 0 Å². The van der Waals surface area contributed by atoms with Crippen molar-refractivity contribution in [3.05, 3.63) is 29.3 Å². The minimum atomic E-state index is 0.525. The Labute approximate surface area is 141 Å². The lowest BCUT2D eigenvalue weighted by atomic mass is 9.83. The van der Waals surface area contributed by atoms with Crippen molar-refractivity contribution >= 4 is 6.21 Å². The van der Waals surface area contributed by atoms with Gasteiger partial charge in [-0.15, -0.1) is 0 Å². The molecule has 1 aromatic rings. The molecule has 2 fully saturated rings. The van der Waals surface area contributed by atoms with Crippen LogP contribution in [0.1, 0.15) is 88.2 Å². The van der Waals surface area contributed by atoms with E-state index < -0.39 is 0 Å². The molecule has 126 valence electrons. The van der Waals surface area contributed by atoms with Gasteiger partial charge in [0.15, 0.2) is 0 Å². The summed E-state index contributed by atoms with van der Waals surface area (Å²) in [5, 5.41) is 0. The third kappa shape index (κ3) is 4.37. The molecule has 0 heterocycles. The Morgan fingerprint density at radius 2 is 1.70 bits per heavy atom. The van der Waals surface area contributed by atoms with Crippen molar-refractivity contribution < 1.29 is 4.74 Å². The number of aliphatic imine (C=N–C) groups is 1. The third-order valence-electron chi connectivity index (χ3n) is 5.41. The number of hydrogen-bond acceptors (Lipinski definition) is 2. The molecule has 1 aromatic carbocycles. The van der Waals surface area contributed by atoms with Crippen molar-refractivity contribution in [2.75, 3.05) is 6.61 Å². The van der Waals surface area contributed by atoms with E-state index in [0.29, 0.717) is 12.0 Å². The van der Waals surface area contributed by atoms with Gasteiger partial charge in [-0.3, -0.25) is 4.99 Å². The second-order valence-corrected chi connectivity index (χ2v) is 7.10. The second kappa shape index (κ2) is 8.52. The molecule has 0 spiro atoms. The van der Waals surface area contributed by atoms with Gasteiger partial charge in [0.25, 0.3) is 0 Å². The summed E-state index contributed by atoms with van der Waals surface area (Å²) in [7, 11) is 0. The highest BCUT2D eigenvalue weighted by atomic mass is 16.5. The van der Waals surface area contributed by atoms with Crippen molar-refractivity contribution in [2.45, 2.75) is 83.1 Å². The first-order valence-corrected chi connectivity index (χ1v) is 9.67. The van der Waals surface area contributed by atoms with Crippen LogP contribution in [0.5, 0.6) is 5.75 Å². The monoisotopic (exact) mass is 313 g/mol. The third-order valence-corrected chi connectivity index (χ3v) is 5.41. The fraction of sp³-hybridized carbons (Fsp3) is 0.667. The molecular weight excluding hydrogens is 282 g/mol. The SMILES string of the molecule is CCOc1c(C=NC2CCCCC2)cccc1C1CCCCC1. The Morgan fingerprint density at radius 1 is 1.00 bits per heavy atom.